The lowest BCUT2D eigenvalue weighted by atomic mass is 9.66. The maximum atomic E-state index is 13.1. The number of aliphatic hydroxyl groups is 1. The highest BCUT2D eigenvalue weighted by atomic mass is 127. The maximum absolute atomic E-state index is 13.1. The first-order valence-electron chi connectivity index (χ1n) is 10.3. The largest absolute Gasteiger partial charge is 0.485 e. The van der Waals surface area contributed by atoms with Gasteiger partial charge in [0.05, 0.1) is 18.2 Å². The van der Waals surface area contributed by atoms with E-state index in [1.54, 1.807) is 13.8 Å². The second-order valence-electron chi connectivity index (χ2n) is 8.42. The fourth-order valence-electron chi connectivity index (χ4n) is 3.84. The Kier molecular flexibility index (Phi) is 9.73. The third-order valence-corrected chi connectivity index (χ3v) is 8.06. The van der Waals surface area contributed by atoms with Gasteiger partial charge < -0.3 is 9.84 Å². The molecular formula is C23H36I2O3. The predicted molar refractivity (Wildman–Crippen MR) is 134 cm³/mol. The molecular weight excluding hydrogens is 578 g/mol. The number of rotatable bonds is 11. The van der Waals surface area contributed by atoms with Gasteiger partial charge in [0.1, 0.15) is 17.1 Å². The number of carbonyl (C=O) groups is 1. The zero-order valence-electron chi connectivity index (χ0n) is 18.4. The highest BCUT2D eigenvalue weighted by molar-refractivity contribution is 14.1. The van der Waals surface area contributed by atoms with Crippen molar-refractivity contribution in [3.8, 4) is 5.75 Å². The zero-order valence-corrected chi connectivity index (χ0v) is 22.7. The van der Waals surface area contributed by atoms with Crippen LogP contribution in [0.4, 0.5) is 0 Å². The van der Waals surface area contributed by atoms with Crippen LogP contribution in [-0.4, -0.2) is 22.1 Å². The summed E-state index contributed by atoms with van der Waals surface area (Å²) >= 11 is 4.66. The number of hydrogen-bond donors (Lipinski definition) is 1. The fourth-order valence-corrected chi connectivity index (χ4v) is 5.96. The minimum Gasteiger partial charge on any atom is -0.485 e. The third-order valence-electron chi connectivity index (χ3n) is 6.46. The highest BCUT2D eigenvalue weighted by Gasteiger charge is 2.46. The van der Waals surface area contributed by atoms with Crippen molar-refractivity contribution in [3.05, 3.63) is 24.8 Å². The van der Waals surface area contributed by atoms with E-state index in [2.05, 4.69) is 78.1 Å². The summed E-state index contributed by atoms with van der Waals surface area (Å²) in [5.41, 5.74) is -0.716. The molecule has 0 aliphatic rings. The van der Waals surface area contributed by atoms with Crippen LogP contribution in [0.5, 0.6) is 5.75 Å². The van der Waals surface area contributed by atoms with Gasteiger partial charge in [-0.15, -0.1) is 0 Å². The summed E-state index contributed by atoms with van der Waals surface area (Å²) in [6.07, 6.45) is 4.35. The summed E-state index contributed by atoms with van der Waals surface area (Å²) in [5.74, 6) is 1.09. The fraction of sp³-hybridized carbons (Fsp3) is 0.696. The molecule has 0 spiro atoms. The lowest BCUT2D eigenvalue weighted by molar-refractivity contribution is -0.145. The smallest absolute Gasteiger partial charge is 0.146 e. The van der Waals surface area contributed by atoms with Gasteiger partial charge in [0.25, 0.3) is 0 Å². The Labute approximate surface area is 198 Å². The highest BCUT2D eigenvalue weighted by Crippen LogP contribution is 2.41. The average Bonchev–Trinajstić information content (AvgIpc) is 2.63. The Morgan fingerprint density at radius 1 is 0.964 bits per heavy atom. The minimum atomic E-state index is -1.01. The maximum Gasteiger partial charge on any atom is 0.146 e. The molecule has 0 aliphatic carbocycles. The summed E-state index contributed by atoms with van der Waals surface area (Å²) in [7, 11) is 0. The predicted octanol–water partition coefficient (Wildman–Crippen LogP) is 6.93. The number of hydrogen-bond acceptors (Lipinski definition) is 3. The van der Waals surface area contributed by atoms with E-state index in [-0.39, 0.29) is 11.4 Å². The second kappa shape index (κ2) is 10.4. The van der Waals surface area contributed by atoms with Crippen LogP contribution in [0.2, 0.25) is 0 Å². The molecule has 28 heavy (non-hydrogen) atoms. The standard InChI is InChI=1S/C23H36I2O3/c1-8-22(7,9-2)28-20-17(24)14-16(15-18(20)25)12-13-19(26)23(10-3,11-4)21(5,6)27/h14-15,27H,8-13H2,1-7H3. The zero-order chi connectivity index (χ0) is 21.8. The summed E-state index contributed by atoms with van der Waals surface area (Å²) in [4.78, 5) is 13.1. The number of carbonyl (C=O) groups excluding carboxylic acids is 1. The first-order chi connectivity index (χ1) is 12.9. The number of Topliss-reactive ketones (excluding diaryl/α,β-unsaturated/α-hetero) is 1. The summed E-state index contributed by atoms with van der Waals surface area (Å²) in [6.45, 7) is 14.0. The molecule has 1 aromatic carbocycles. The Hall–Kier alpha value is 0.110. The van der Waals surface area contributed by atoms with Crippen molar-refractivity contribution in [1.82, 2.24) is 0 Å². The van der Waals surface area contributed by atoms with E-state index in [9.17, 15) is 9.90 Å². The normalized spacial score (nSPS) is 12.9. The topological polar surface area (TPSA) is 46.5 Å². The summed E-state index contributed by atoms with van der Waals surface area (Å²) < 4.78 is 8.53. The molecule has 160 valence electrons. The molecule has 0 aliphatic heterocycles. The SMILES string of the molecule is CCC(C)(CC)Oc1c(I)cc(CCC(=O)C(CC)(CC)C(C)(C)O)cc1I. The molecule has 1 N–H and O–H groups in total. The van der Waals surface area contributed by atoms with E-state index in [1.807, 2.05) is 13.8 Å². The molecule has 0 amide bonds. The summed E-state index contributed by atoms with van der Waals surface area (Å²) in [5, 5.41) is 10.6. The number of aryl methyl sites for hydroxylation is 1. The van der Waals surface area contributed by atoms with E-state index >= 15 is 0 Å². The lowest BCUT2D eigenvalue weighted by Crippen LogP contribution is -2.48. The van der Waals surface area contributed by atoms with Crippen LogP contribution in [0.3, 0.4) is 0 Å². The van der Waals surface area contributed by atoms with Gasteiger partial charge in [-0.3, -0.25) is 4.79 Å². The average molecular weight is 614 g/mol. The molecule has 0 fully saturated rings. The van der Waals surface area contributed by atoms with Gasteiger partial charge in [0.15, 0.2) is 0 Å². The van der Waals surface area contributed by atoms with Gasteiger partial charge in [0.2, 0.25) is 0 Å². The van der Waals surface area contributed by atoms with E-state index in [0.29, 0.717) is 25.7 Å². The Morgan fingerprint density at radius 2 is 1.43 bits per heavy atom. The van der Waals surface area contributed by atoms with Gasteiger partial charge >= 0.3 is 0 Å². The first-order valence-corrected chi connectivity index (χ1v) is 12.5. The Bertz CT molecular complexity index is 646. The van der Waals surface area contributed by atoms with Crippen molar-refractivity contribution in [2.45, 2.75) is 98.2 Å². The van der Waals surface area contributed by atoms with Crippen molar-refractivity contribution >= 4 is 51.0 Å². The van der Waals surface area contributed by atoms with Crippen LogP contribution in [0.15, 0.2) is 12.1 Å². The van der Waals surface area contributed by atoms with Crippen molar-refractivity contribution < 1.29 is 14.6 Å². The van der Waals surface area contributed by atoms with Crippen molar-refractivity contribution in [3.63, 3.8) is 0 Å². The Balaban J connectivity index is 3.02. The van der Waals surface area contributed by atoms with Crippen molar-refractivity contribution in [2.24, 2.45) is 5.41 Å². The molecule has 0 saturated carbocycles. The van der Waals surface area contributed by atoms with Gasteiger partial charge in [-0.2, -0.15) is 0 Å². The lowest BCUT2D eigenvalue weighted by Gasteiger charge is -2.41. The van der Waals surface area contributed by atoms with E-state index in [4.69, 9.17) is 4.74 Å². The minimum absolute atomic E-state index is 0.153. The molecule has 1 aromatic rings. The summed E-state index contributed by atoms with van der Waals surface area (Å²) in [6, 6.07) is 4.25. The third kappa shape index (κ3) is 5.84. The first kappa shape index (κ1) is 26.1. The van der Waals surface area contributed by atoms with Gasteiger partial charge in [-0.25, -0.2) is 0 Å². The molecule has 0 saturated heterocycles. The number of benzene rings is 1. The van der Waals surface area contributed by atoms with Crippen LogP contribution in [0.1, 0.15) is 86.1 Å². The number of halogens is 2. The van der Waals surface area contributed by atoms with Crippen molar-refractivity contribution in [2.75, 3.05) is 0 Å². The van der Waals surface area contributed by atoms with E-state index in [1.165, 1.54) is 0 Å². The molecule has 1 rings (SSSR count). The molecule has 0 atom stereocenters. The monoisotopic (exact) mass is 614 g/mol. The molecule has 3 nitrogen and oxygen atoms in total. The molecule has 0 radical (unpaired) electrons. The van der Waals surface area contributed by atoms with Crippen molar-refractivity contribution in [1.29, 1.82) is 0 Å². The van der Waals surface area contributed by atoms with E-state index < -0.39 is 11.0 Å². The van der Waals surface area contributed by atoms with Gasteiger partial charge in [-0.05, 0) is 116 Å². The second-order valence-corrected chi connectivity index (χ2v) is 10.7. The molecule has 5 heteroatoms. The van der Waals surface area contributed by atoms with Gasteiger partial charge in [0, 0.05) is 6.42 Å². The van der Waals surface area contributed by atoms with Crippen LogP contribution >= 0.6 is 45.2 Å². The van der Waals surface area contributed by atoms with Crippen LogP contribution in [-0.2, 0) is 11.2 Å². The molecule has 0 heterocycles. The Morgan fingerprint density at radius 3 is 1.79 bits per heavy atom. The molecule has 0 unspecified atom stereocenters. The van der Waals surface area contributed by atoms with Crippen LogP contribution in [0.25, 0.3) is 0 Å². The van der Waals surface area contributed by atoms with E-state index in [0.717, 1.165) is 31.3 Å². The molecule has 0 bridgehead atoms. The van der Waals surface area contributed by atoms with Crippen LogP contribution in [0, 0.1) is 12.6 Å². The van der Waals surface area contributed by atoms with Gasteiger partial charge in [-0.1, -0.05) is 27.7 Å². The van der Waals surface area contributed by atoms with Crippen LogP contribution < -0.4 is 4.74 Å². The number of ketones is 1. The number of ether oxygens (including phenoxy) is 1. The quantitative estimate of drug-likeness (QED) is 0.275. The molecule has 0 aromatic heterocycles.